The van der Waals surface area contributed by atoms with Crippen LogP contribution in [0.2, 0.25) is 0 Å². The van der Waals surface area contributed by atoms with Gasteiger partial charge in [0, 0.05) is 5.56 Å². The number of fused-ring (bicyclic) bond motifs is 1. The van der Waals surface area contributed by atoms with Crippen LogP contribution in [0.25, 0.3) is 11.0 Å². The van der Waals surface area contributed by atoms with E-state index in [-0.39, 0.29) is 11.9 Å². The number of benzene rings is 3. The van der Waals surface area contributed by atoms with Crippen molar-refractivity contribution in [2.75, 3.05) is 22.0 Å². The summed E-state index contributed by atoms with van der Waals surface area (Å²) in [5.41, 5.74) is 2.60. The first-order chi connectivity index (χ1) is 15.1. The fourth-order valence-electron chi connectivity index (χ4n) is 3.04. The number of para-hydroxylation sites is 3. The number of nitrogens with one attached hydrogen (secondary N) is 3. The molecule has 0 atom stereocenters. The van der Waals surface area contributed by atoms with Gasteiger partial charge in [-0.25, -0.2) is 14.1 Å². The van der Waals surface area contributed by atoms with Crippen LogP contribution in [0.4, 0.5) is 22.1 Å². The predicted molar refractivity (Wildman–Crippen MR) is 124 cm³/mol. The van der Waals surface area contributed by atoms with Crippen LogP contribution < -0.4 is 19.7 Å². The molecular weight excluding hydrogens is 414 g/mol. The number of ether oxygens (including phenoxy) is 1. The molecule has 0 spiro atoms. The van der Waals surface area contributed by atoms with E-state index in [1.807, 2.05) is 12.1 Å². The number of rotatable bonds is 5. The van der Waals surface area contributed by atoms with Crippen LogP contribution in [-0.4, -0.2) is 29.0 Å². The van der Waals surface area contributed by atoms with E-state index in [4.69, 9.17) is 4.74 Å². The van der Waals surface area contributed by atoms with E-state index in [1.54, 1.807) is 60.7 Å². The van der Waals surface area contributed by atoms with Crippen molar-refractivity contribution >= 4 is 53.1 Å². The lowest BCUT2D eigenvalue weighted by molar-refractivity contribution is 0.102. The van der Waals surface area contributed by atoms with Crippen LogP contribution in [0.3, 0.4) is 0 Å². The molecule has 0 unspecified atom stereocenters. The number of anilines is 3. The molecule has 0 saturated heterocycles. The first-order valence-electron chi connectivity index (χ1n) is 9.35. The lowest BCUT2D eigenvalue weighted by Crippen LogP contribution is -2.27. The molecule has 1 aromatic heterocycles. The summed E-state index contributed by atoms with van der Waals surface area (Å²) < 4.78 is 6.41. The summed E-state index contributed by atoms with van der Waals surface area (Å²) in [6.45, 7) is 0. The number of urea groups is 1. The van der Waals surface area contributed by atoms with E-state index in [0.29, 0.717) is 33.7 Å². The molecular formula is C22H19N5O3S. The van der Waals surface area contributed by atoms with Crippen molar-refractivity contribution in [1.82, 2.24) is 9.97 Å². The fourth-order valence-corrected chi connectivity index (χ4v) is 3.25. The number of imidazole rings is 1. The molecule has 3 amide bonds. The number of hydrogen-bond donors (Lipinski definition) is 4. The van der Waals surface area contributed by atoms with E-state index >= 15 is 0 Å². The minimum atomic E-state index is -0.488. The number of hydrogen-bond acceptors (Lipinski definition) is 5. The third-order valence-corrected chi connectivity index (χ3v) is 4.93. The van der Waals surface area contributed by atoms with E-state index in [2.05, 4.69) is 33.4 Å². The molecule has 4 aromatic rings. The Bertz CT molecular complexity index is 1240. The Morgan fingerprint density at radius 3 is 2.48 bits per heavy atom. The zero-order valence-electron chi connectivity index (χ0n) is 16.5. The number of H-pyrrole nitrogens is 1. The topological polar surface area (TPSA) is 99.4 Å². The van der Waals surface area contributed by atoms with E-state index in [1.165, 1.54) is 7.11 Å². The van der Waals surface area contributed by atoms with Crippen molar-refractivity contribution in [2.45, 2.75) is 0 Å². The van der Waals surface area contributed by atoms with Crippen LogP contribution in [0.5, 0.6) is 5.75 Å². The summed E-state index contributed by atoms with van der Waals surface area (Å²) in [5.74, 6) is 0.502. The zero-order chi connectivity index (χ0) is 21.8. The minimum absolute atomic E-state index is 0.267. The Hall–Kier alpha value is -3.98. The lowest BCUT2D eigenvalue weighted by atomic mass is 10.2. The van der Waals surface area contributed by atoms with Gasteiger partial charge in [-0.05, 0) is 36.4 Å². The average molecular weight is 433 g/mol. The smallest absolute Gasteiger partial charge is 0.336 e. The molecule has 0 aliphatic heterocycles. The fraction of sp³-hybridized carbons (Fsp3) is 0.0455. The maximum absolute atomic E-state index is 12.8. The Balaban J connectivity index is 1.57. The number of thiol groups is 1. The summed E-state index contributed by atoms with van der Waals surface area (Å²) in [6.07, 6.45) is 0. The van der Waals surface area contributed by atoms with E-state index in [0.717, 1.165) is 4.31 Å². The second-order valence-corrected chi connectivity index (χ2v) is 6.92. The van der Waals surface area contributed by atoms with Crippen molar-refractivity contribution in [2.24, 2.45) is 0 Å². The van der Waals surface area contributed by atoms with Crippen molar-refractivity contribution in [3.05, 3.63) is 78.4 Å². The molecule has 9 heteroatoms. The van der Waals surface area contributed by atoms with Gasteiger partial charge in [-0.15, -0.1) is 0 Å². The van der Waals surface area contributed by atoms with Gasteiger partial charge >= 0.3 is 6.03 Å². The number of aromatic amines is 1. The summed E-state index contributed by atoms with van der Waals surface area (Å²) in [4.78, 5) is 32.7. The van der Waals surface area contributed by atoms with Gasteiger partial charge in [0.05, 0.1) is 24.0 Å². The van der Waals surface area contributed by atoms with Crippen LogP contribution in [-0.2, 0) is 0 Å². The Labute approximate surface area is 183 Å². The third kappa shape index (κ3) is 4.31. The normalized spacial score (nSPS) is 10.5. The molecule has 1 heterocycles. The molecule has 31 heavy (non-hydrogen) atoms. The summed E-state index contributed by atoms with van der Waals surface area (Å²) in [6, 6.07) is 20.7. The number of nitrogens with zero attached hydrogens (tertiary/aromatic N) is 2. The van der Waals surface area contributed by atoms with Crippen molar-refractivity contribution in [3.63, 3.8) is 0 Å². The highest BCUT2D eigenvalue weighted by atomic mass is 32.1. The van der Waals surface area contributed by atoms with Gasteiger partial charge in [-0.3, -0.25) is 10.1 Å². The second kappa shape index (κ2) is 8.80. The lowest BCUT2D eigenvalue weighted by Gasteiger charge is -2.18. The number of amides is 3. The summed E-state index contributed by atoms with van der Waals surface area (Å²) in [7, 11) is 1.53. The summed E-state index contributed by atoms with van der Waals surface area (Å²) in [5, 5.41) is 5.49. The first kappa shape index (κ1) is 20.3. The number of methoxy groups -OCH3 is 1. The summed E-state index contributed by atoms with van der Waals surface area (Å²) >= 11 is 4.36. The third-order valence-electron chi connectivity index (χ3n) is 4.53. The van der Waals surface area contributed by atoms with Gasteiger partial charge in [-0.2, -0.15) is 0 Å². The Morgan fingerprint density at radius 2 is 1.71 bits per heavy atom. The molecule has 8 nitrogen and oxygen atoms in total. The maximum atomic E-state index is 12.8. The molecule has 0 fully saturated rings. The van der Waals surface area contributed by atoms with Crippen molar-refractivity contribution < 1.29 is 14.3 Å². The van der Waals surface area contributed by atoms with Crippen molar-refractivity contribution in [1.29, 1.82) is 0 Å². The van der Waals surface area contributed by atoms with E-state index in [9.17, 15) is 9.59 Å². The van der Waals surface area contributed by atoms with Crippen molar-refractivity contribution in [3.8, 4) is 5.75 Å². The standard InChI is InChI=1S/C22H19N5O3S/c1-30-18-13-6-5-10-15(18)24-22(29)27(31)17-12-7-11-16-19(17)25-21(23-16)26-20(28)14-8-3-2-4-9-14/h2-13,31H,1H3,(H,24,29)(H2,23,25,26,28). The predicted octanol–water partition coefficient (Wildman–Crippen LogP) is 4.71. The quantitative estimate of drug-likeness (QED) is 0.343. The molecule has 156 valence electrons. The van der Waals surface area contributed by atoms with Gasteiger partial charge in [0.25, 0.3) is 5.91 Å². The molecule has 0 radical (unpaired) electrons. The Morgan fingerprint density at radius 1 is 0.968 bits per heavy atom. The van der Waals surface area contributed by atoms with Gasteiger partial charge in [0.15, 0.2) is 0 Å². The number of carbonyl (C=O) groups excluding carboxylic acids is 2. The second-order valence-electron chi connectivity index (χ2n) is 6.52. The van der Waals surface area contributed by atoms with Crippen LogP contribution in [0, 0.1) is 0 Å². The molecule has 4 rings (SSSR count). The highest BCUT2D eigenvalue weighted by molar-refractivity contribution is 7.82. The average Bonchev–Trinajstić information content (AvgIpc) is 3.22. The molecule has 0 bridgehead atoms. The van der Waals surface area contributed by atoms with Gasteiger partial charge in [0.1, 0.15) is 11.3 Å². The molecule has 0 aliphatic rings. The van der Waals surface area contributed by atoms with Crippen LogP contribution >= 0.6 is 12.8 Å². The minimum Gasteiger partial charge on any atom is -0.495 e. The van der Waals surface area contributed by atoms with E-state index < -0.39 is 6.03 Å². The first-order valence-corrected chi connectivity index (χ1v) is 9.75. The monoisotopic (exact) mass is 433 g/mol. The SMILES string of the molecule is COc1ccccc1NC(=O)N(S)c1cccc2[nH]c(NC(=O)c3ccccc3)nc12. The number of carbonyl (C=O) groups is 2. The highest BCUT2D eigenvalue weighted by Gasteiger charge is 2.19. The highest BCUT2D eigenvalue weighted by Crippen LogP contribution is 2.29. The molecule has 3 aromatic carbocycles. The van der Waals surface area contributed by atoms with Gasteiger partial charge in [0.2, 0.25) is 5.95 Å². The zero-order valence-corrected chi connectivity index (χ0v) is 17.4. The maximum Gasteiger partial charge on any atom is 0.336 e. The van der Waals surface area contributed by atoms with Crippen LogP contribution in [0.15, 0.2) is 72.8 Å². The Kier molecular flexibility index (Phi) is 5.76. The van der Waals surface area contributed by atoms with Gasteiger partial charge < -0.3 is 15.0 Å². The molecule has 0 aliphatic carbocycles. The van der Waals surface area contributed by atoms with Crippen LogP contribution in [0.1, 0.15) is 10.4 Å². The molecule has 3 N–H and O–H groups in total. The molecule has 0 saturated carbocycles. The van der Waals surface area contributed by atoms with Gasteiger partial charge in [-0.1, -0.05) is 49.2 Å². The largest absolute Gasteiger partial charge is 0.495 e. The number of aromatic nitrogens is 2.